The summed E-state index contributed by atoms with van der Waals surface area (Å²) in [6.45, 7) is 20.1. The van der Waals surface area contributed by atoms with Gasteiger partial charge in [-0.3, -0.25) is 0 Å². The van der Waals surface area contributed by atoms with Gasteiger partial charge in [0.1, 0.15) is 41.0 Å². The molecule has 0 fully saturated rings. The van der Waals surface area contributed by atoms with Crippen molar-refractivity contribution in [2.24, 2.45) is 0 Å². The van der Waals surface area contributed by atoms with E-state index in [-0.39, 0.29) is 80.4 Å². The van der Waals surface area contributed by atoms with Crippen molar-refractivity contribution in [3.63, 3.8) is 0 Å². The molecule has 0 N–H and O–H groups in total. The molecule has 0 spiro atoms. The van der Waals surface area contributed by atoms with E-state index in [9.17, 15) is 0 Å². The summed E-state index contributed by atoms with van der Waals surface area (Å²) < 4.78 is 5.99. The molecule has 16 aromatic rings. The molecule has 29 heteroatoms. The molecule has 0 saturated carbocycles. The summed E-state index contributed by atoms with van der Waals surface area (Å²) in [6.07, 6.45) is 26.5. The van der Waals surface area contributed by atoms with E-state index in [0.717, 1.165) is 136 Å². The van der Waals surface area contributed by atoms with Crippen molar-refractivity contribution in [3.8, 4) is 22.8 Å². The molecule has 24 rings (SSSR count). The van der Waals surface area contributed by atoms with E-state index in [0.29, 0.717) is 0 Å². The molecule has 11 aromatic carbocycles. The Labute approximate surface area is 857 Å². The molecular weight excluding hydrogens is 2420 g/mol. The van der Waals surface area contributed by atoms with E-state index < -0.39 is 0 Å². The molecule has 8 aliphatic rings. The summed E-state index contributed by atoms with van der Waals surface area (Å²) in [5.41, 5.74) is 17.2. The number of hydrogen-bond acceptors (Lipinski definition) is 25. The molecule has 704 valence electrons. The zero-order chi connectivity index (χ0) is 91.5. The molecule has 0 aliphatic carbocycles. The first kappa shape index (κ1) is 100. The van der Waals surface area contributed by atoms with Crippen LogP contribution in [0.1, 0.15) is 11.1 Å². The third-order valence-electron chi connectivity index (χ3n) is 21.5. The summed E-state index contributed by atoms with van der Waals surface area (Å²) >= 11 is 0. The van der Waals surface area contributed by atoms with E-state index in [1.54, 1.807) is 18.7 Å². The Bertz CT molecular complexity index is 6430. The Morgan fingerprint density at radius 3 is 1.09 bits per heavy atom. The fourth-order valence-corrected chi connectivity index (χ4v) is 14.9. The minimum absolute atomic E-state index is 0. The second-order valence-electron chi connectivity index (χ2n) is 31.1. The van der Waals surface area contributed by atoms with Gasteiger partial charge in [0, 0.05) is 115 Å². The zero-order valence-corrected chi connectivity index (χ0v) is 86.0. The predicted molar refractivity (Wildman–Crippen MR) is 532 cm³/mol. The predicted octanol–water partition coefficient (Wildman–Crippen LogP) is 21.1. The van der Waals surface area contributed by atoms with Gasteiger partial charge < -0.3 is 82.8 Å². The maximum absolute atomic E-state index is 5.99. The molecule has 0 saturated heterocycles. The number of fused-ring (bicyclic) bond motifs is 7. The van der Waals surface area contributed by atoms with Gasteiger partial charge in [-0.2, -0.15) is 277 Å². The third kappa shape index (κ3) is 24.2. The number of anilines is 16. The molecule has 0 unspecified atom stereocenters. The van der Waals surface area contributed by atoms with Gasteiger partial charge in [0.15, 0.2) is 11.6 Å². The van der Waals surface area contributed by atoms with Gasteiger partial charge in [-0.15, -0.1) is 46.5 Å². The van der Waals surface area contributed by atoms with E-state index in [1.807, 2.05) is 476 Å². The Hall–Kier alpha value is -14.1. The van der Waals surface area contributed by atoms with E-state index >= 15 is 0 Å². The van der Waals surface area contributed by atoms with Crippen molar-refractivity contribution in [1.29, 1.82) is 0 Å². The van der Waals surface area contributed by atoms with E-state index in [4.69, 9.17) is 14.4 Å². The van der Waals surface area contributed by atoms with Crippen LogP contribution >= 0.6 is 0 Å². The Morgan fingerprint density at radius 1 is 0.277 bits per heavy atom. The first-order valence-corrected chi connectivity index (χ1v) is 42.8. The average Bonchev–Trinajstić information content (AvgIpc) is 1.61. The van der Waals surface area contributed by atoms with Crippen LogP contribution in [-0.4, -0.2) is 116 Å². The van der Waals surface area contributed by atoms with Gasteiger partial charge in [0.2, 0.25) is 0 Å². The van der Waals surface area contributed by atoms with Crippen LogP contribution in [0.5, 0.6) is 0 Å². The molecule has 4 radical (unpaired) electrons. The maximum Gasteiger partial charge on any atom is 0.161 e. The van der Waals surface area contributed by atoms with E-state index in [1.165, 1.54) is 11.1 Å². The number of para-hydroxylation sites is 8. The van der Waals surface area contributed by atoms with Gasteiger partial charge >= 0.3 is 0 Å². The fourth-order valence-electron chi connectivity index (χ4n) is 14.9. The third-order valence-corrected chi connectivity index (χ3v) is 21.5. The fraction of sp³-hybridized carbons (Fsp3) is 0.0926. The number of nitrogens with zero attached hydrogens (tertiary/aromatic N) is 24. The van der Waals surface area contributed by atoms with Crippen molar-refractivity contribution in [3.05, 3.63) is 455 Å². The number of furan rings is 1. The minimum atomic E-state index is 0. The molecule has 137 heavy (non-hydrogen) atoms. The maximum atomic E-state index is 5.99. The van der Waals surface area contributed by atoms with E-state index in [2.05, 4.69) is 128 Å². The first-order valence-electron chi connectivity index (χ1n) is 42.8. The van der Waals surface area contributed by atoms with Gasteiger partial charge in [0.25, 0.3) is 0 Å². The van der Waals surface area contributed by atoms with Crippen LogP contribution in [-0.2, 0) is 80.4 Å². The molecule has 13 heterocycles. The quantitative estimate of drug-likeness (QED) is 0.118. The molecule has 8 aliphatic heterocycles. The number of rotatable bonds is 10. The van der Waals surface area contributed by atoms with Crippen LogP contribution in [0.3, 0.4) is 0 Å². The number of benzene rings is 11. The van der Waals surface area contributed by atoms with Crippen molar-refractivity contribution >= 4 is 114 Å². The summed E-state index contributed by atoms with van der Waals surface area (Å²) in [6, 6.07) is 109. The molecule has 0 atom stereocenters. The standard InChI is InChI=1S/2C19H16N4.C16H12N2O.2C12H10N4.3C10H10N2.4Ir/c1-14-8-6-7-11-16(14)18-20-12-17-19(21-18)22(2)13-23(17)15-9-4-3-5-10-15;1-14-8-6-7-11-16(14)18-20-12-17-19(21-18)23(13-22(17)2)15-9-4-3-5-10-15;1-17-9-10-18(11-17)14-7-4-6-13-12-5-2-3-8-15(12)19-16(13)14;1-15-9-16(10-5-3-2-4-6-10)12-11(15)7-13-8-14-12;1-15-9-16(10-5-3-2-4-6-10)12-11(15)13-7-8-14-12;3*1-11-7-8-12(9-11)10-5-3-2-4-6-10;;;;/h2*3-9,11-13H,1-2H3;2-6,8-11H,1H3;2*2-5,7-9H,1H3;3*2-5,7-9H,1H3;;;;/q8*-2;;;;. The SMILES string of the molecule is CN1C=CN(c2[c-]ccc3c2oc2ccccc23)[CH-]1.CN1C=CN(c2[c-]cccc2)[CH-]1.CN1C=CN(c2[c-]cccc2)[CH-]1.CN1C=CN(c2[c-]cccc2)[CH-]1.CN1[CH-]N(c2[c-]cccc2)c2nccnc21.CN1[CH-]N(c2[c-]cccc2)c2ncncc21.Cc1ccccc1-c1ncc2c(n1)N(C)[CH-]N2c1[c-]cccc1.Cc1ccccc1-c1ncc2c(n1)N(c1[c-]cccc1)[CH-]N2C.[Ir].[Ir].[Ir].[Ir]. The van der Waals surface area contributed by atoms with Crippen LogP contribution in [0.2, 0.25) is 0 Å². The summed E-state index contributed by atoms with van der Waals surface area (Å²) in [7, 11) is 15.9. The van der Waals surface area contributed by atoms with Crippen molar-refractivity contribution in [2.75, 3.05) is 115 Å². The second-order valence-corrected chi connectivity index (χ2v) is 31.1. The summed E-state index contributed by atoms with van der Waals surface area (Å²) in [5, 5.41) is 2.27. The summed E-state index contributed by atoms with van der Waals surface area (Å²) in [5.74, 6) is 5.86. The smallest absolute Gasteiger partial charge is 0.161 e. The number of aromatic nitrogens is 8. The summed E-state index contributed by atoms with van der Waals surface area (Å²) in [4.78, 5) is 67.8. The monoisotopic (exact) mass is 2510 g/mol. The van der Waals surface area contributed by atoms with Crippen LogP contribution in [0.15, 0.2) is 346 Å². The Balaban J connectivity index is 0.000000133. The normalized spacial score (nSPS) is 14.0. The molecule has 0 bridgehead atoms. The number of aryl methyl sites for hydroxylation is 2. The average molecular weight is 2510 g/mol. The minimum Gasteiger partial charge on any atom is -0.514 e. The molecule has 0 amide bonds. The van der Waals surface area contributed by atoms with Gasteiger partial charge in [-0.25, -0.2) is 39.9 Å². The van der Waals surface area contributed by atoms with Crippen LogP contribution in [0, 0.1) is 116 Å². The Morgan fingerprint density at radius 2 is 0.642 bits per heavy atom. The van der Waals surface area contributed by atoms with Crippen molar-refractivity contribution in [2.45, 2.75) is 13.8 Å². The van der Waals surface area contributed by atoms with Gasteiger partial charge in [-0.05, 0) is 137 Å². The zero-order valence-electron chi connectivity index (χ0n) is 76.4. The largest absolute Gasteiger partial charge is 0.514 e. The van der Waals surface area contributed by atoms with Crippen LogP contribution in [0.25, 0.3) is 44.7 Å². The van der Waals surface area contributed by atoms with Crippen LogP contribution < -0.4 is 58.8 Å². The topological polar surface area (TPSA) is 168 Å². The number of hydrogen-bond donors (Lipinski definition) is 0. The Kier molecular flexibility index (Phi) is 35.1. The van der Waals surface area contributed by atoms with Crippen molar-refractivity contribution in [1.82, 2.24) is 59.5 Å². The molecular formula is C108H94Ir4N24O-16. The second kappa shape index (κ2) is 47.9. The molecule has 5 aromatic heterocycles. The van der Waals surface area contributed by atoms with Gasteiger partial charge in [-0.1, -0.05) is 77.8 Å². The van der Waals surface area contributed by atoms with Crippen molar-refractivity contribution < 1.29 is 84.8 Å². The first-order chi connectivity index (χ1) is 65.1. The molecule has 25 nitrogen and oxygen atoms in total. The van der Waals surface area contributed by atoms with Crippen LogP contribution in [0.4, 0.5) is 91.7 Å². The van der Waals surface area contributed by atoms with Gasteiger partial charge in [0.05, 0.1) is 35.7 Å².